The van der Waals surface area contributed by atoms with Crippen LogP contribution in [-0.2, 0) is 35.1 Å². The lowest BCUT2D eigenvalue weighted by Crippen LogP contribution is -2.28. The van der Waals surface area contributed by atoms with Gasteiger partial charge in [0.2, 0.25) is 11.6 Å². The summed E-state index contributed by atoms with van der Waals surface area (Å²) in [5.74, 6) is -1.68. The Bertz CT molecular complexity index is 3460. The van der Waals surface area contributed by atoms with E-state index in [0.29, 0.717) is 29.2 Å². The summed E-state index contributed by atoms with van der Waals surface area (Å²) in [6, 6.07) is 22.1. The molecule has 2 aliphatic rings. The molecule has 0 heterocycles. The number of ketones is 2. The number of para-hydroxylation sites is 1. The zero-order valence-corrected chi connectivity index (χ0v) is 36.5. The van der Waals surface area contributed by atoms with E-state index in [4.69, 9.17) is 5.73 Å². The number of nitrogens with one attached hydrogen (secondary N) is 4. The average Bonchev–Trinajstić information content (AvgIpc) is 3.26. The number of hydrogen-bond acceptors (Lipinski definition) is 19. The second-order valence-corrected chi connectivity index (χ2v) is 18.3. The van der Waals surface area contributed by atoms with E-state index in [1.807, 2.05) is 31.2 Å². The van der Waals surface area contributed by atoms with Crippen LogP contribution in [-0.4, -0.2) is 66.8 Å². The van der Waals surface area contributed by atoms with Crippen LogP contribution in [0.3, 0.4) is 0 Å². The third kappa shape index (κ3) is 10.7. The maximum absolute atomic E-state index is 13.9. The van der Waals surface area contributed by atoms with Gasteiger partial charge in [-0.05, 0) is 103 Å². The number of nitrogens with zero attached hydrogens (tertiary/aromatic N) is 5. The lowest BCUT2D eigenvalue weighted by Gasteiger charge is -2.20. The van der Waals surface area contributed by atoms with Gasteiger partial charge in [-0.2, -0.15) is 40.6 Å². The number of rotatable bonds is 14. The summed E-state index contributed by atoms with van der Waals surface area (Å²) in [4.78, 5) is 34.1. The number of benzene rings is 5. The molecule has 0 unspecified atom stereocenters. The molecule has 0 radical (unpaired) electrons. The molecule has 0 aromatic heterocycles. The van der Waals surface area contributed by atoms with Crippen molar-refractivity contribution >= 4 is 111 Å². The number of fused-ring (bicyclic) bond motifs is 1. The molecular weight excluding hydrogens is 937 g/mol. The van der Waals surface area contributed by atoms with E-state index in [0.717, 1.165) is 41.6 Å². The second-order valence-electron chi connectivity index (χ2n) is 14.2. The first kappa shape index (κ1) is 46.7. The number of nitrogen functional groups attached to an aromatic ring is 1. The van der Waals surface area contributed by atoms with E-state index in [1.165, 1.54) is 30.3 Å². The van der Waals surface area contributed by atoms with Crippen LogP contribution in [0.25, 0.3) is 6.08 Å². The normalized spacial score (nSPS) is 15.3. The number of nitrogens with two attached hydrogens (primary N) is 1. The van der Waals surface area contributed by atoms with Crippen LogP contribution in [0.2, 0.25) is 0 Å². The lowest BCUT2D eigenvalue weighted by atomic mass is 9.92. The van der Waals surface area contributed by atoms with Crippen molar-refractivity contribution in [3.8, 4) is 0 Å². The highest BCUT2D eigenvalue weighted by Crippen LogP contribution is 2.41. The fourth-order valence-electron chi connectivity index (χ4n) is 6.34. The Balaban J connectivity index is 1.11. The molecule has 0 fully saturated rings. The van der Waals surface area contributed by atoms with Crippen molar-refractivity contribution in [2.24, 2.45) is 20.4 Å². The highest BCUT2D eigenvalue weighted by molar-refractivity contribution is 7.91. The van der Waals surface area contributed by atoms with E-state index in [9.17, 15) is 58.6 Å². The molecule has 0 saturated carbocycles. The fraction of sp³-hybridized carbons (Fsp3) is 0.0244. The van der Waals surface area contributed by atoms with Gasteiger partial charge in [-0.1, -0.05) is 18.2 Å². The molecule has 342 valence electrons. The van der Waals surface area contributed by atoms with Crippen LogP contribution in [0.4, 0.5) is 51.2 Å². The number of nitro groups is 1. The quantitative estimate of drug-likeness (QED) is 0.0139. The molecule has 9 N–H and O–H groups in total. The molecule has 5 aromatic carbocycles. The Morgan fingerprint density at radius 3 is 1.94 bits per heavy atom. The topological polar surface area (TPSA) is 364 Å². The third-order valence-electron chi connectivity index (χ3n) is 9.59. The summed E-state index contributed by atoms with van der Waals surface area (Å²) >= 11 is 0. The largest absolute Gasteiger partial charge is 0.396 e. The lowest BCUT2D eigenvalue weighted by molar-refractivity contribution is -0.384. The predicted molar refractivity (Wildman–Crippen MR) is 247 cm³/mol. The molecule has 2 aliphatic carbocycles. The molecular formula is C41H32N10O13S3. The first-order valence-corrected chi connectivity index (χ1v) is 23.2. The summed E-state index contributed by atoms with van der Waals surface area (Å²) in [6.07, 6.45) is 5.28. The van der Waals surface area contributed by atoms with Crippen molar-refractivity contribution in [2.45, 2.75) is 16.7 Å². The Labute approximate surface area is 379 Å². The van der Waals surface area contributed by atoms with Gasteiger partial charge in [0.25, 0.3) is 36.0 Å². The summed E-state index contributed by atoms with van der Waals surface area (Å²) < 4.78 is 105. The number of carbonyl (C=O) groups is 2. The van der Waals surface area contributed by atoms with Crippen LogP contribution in [0.15, 0.2) is 156 Å². The van der Waals surface area contributed by atoms with E-state index >= 15 is 0 Å². The molecule has 0 amide bonds. The number of nitro benzene ring substituents is 1. The van der Waals surface area contributed by atoms with Crippen LogP contribution in [0.5, 0.6) is 0 Å². The highest BCUT2D eigenvalue weighted by Gasteiger charge is 2.37. The summed E-state index contributed by atoms with van der Waals surface area (Å²) in [6.45, 7) is 1.93. The van der Waals surface area contributed by atoms with E-state index in [2.05, 4.69) is 41.9 Å². The van der Waals surface area contributed by atoms with Gasteiger partial charge in [-0.15, -0.1) is 5.11 Å². The second kappa shape index (κ2) is 18.3. The smallest absolute Gasteiger partial charge is 0.296 e. The molecule has 0 bridgehead atoms. The molecule has 0 saturated heterocycles. The predicted octanol–water partition coefficient (Wildman–Crippen LogP) is 6.93. The maximum Gasteiger partial charge on any atom is 0.296 e. The minimum absolute atomic E-state index is 0.0512. The van der Waals surface area contributed by atoms with E-state index < -0.39 is 84.0 Å². The van der Waals surface area contributed by atoms with Crippen molar-refractivity contribution in [1.29, 1.82) is 0 Å². The van der Waals surface area contributed by atoms with Gasteiger partial charge in [0.15, 0.2) is 5.71 Å². The minimum atomic E-state index is -5.34. The van der Waals surface area contributed by atoms with Crippen LogP contribution >= 0.6 is 0 Å². The first-order valence-electron chi connectivity index (χ1n) is 18.8. The Kier molecular flexibility index (Phi) is 12.8. The van der Waals surface area contributed by atoms with Crippen molar-refractivity contribution in [3.05, 3.63) is 153 Å². The monoisotopic (exact) mass is 968 g/mol. The van der Waals surface area contributed by atoms with E-state index in [-0.39, 0.29) is 34.2 Å². The Hall–Kier alpha value is -8.27. The van der Waals surface area contributed by atoms with Crippen molar-refractivity contribution < 1.29 is 53.4 Å². The summed E-state index contributed by atoms with van der Waals surface area (Å²) in [7, 11) is -15.6. The number of allylic oxidation sites excluding steroid dienone is 4. The number of azo groups is 1. The van der Waals surface area contributed by atoms with Crippen molar-refractivity contribution in [3.63, 3.8) is 0 Å². The zero-order valence-electron chi connectivity index (χ0n) is 34.0. The van der Waals surface area contributed by atoms with Crippen molar-refractivity contribution in [2.75, 3.05) is 27.2 Å². The van der Waals surface area contributed by atoms with Gasteiger partial charge >= 0.3 is 0 Å². The third-order valence-corrected chi connectivity index (χ3v) is 12.2. The highest BCUT2D eigenvalue weighted by atomic mass is 32.2. The maximum atomic E-state index is 13.9. The SMILES string of the molecule is Cc1ccccc1NC1=CC(=O)/C(=N/Nc2ccc(Nc3ccc(N/N=C4/C(=O)c5c(cc(S(=O)(=O)O)c(N=Nc6ccc([N+](=O)[O-])cc6)c5N)C=C4S(=O)(=O)O)cc3S(=O)(=O)O)cc2)C=C1. The van der Waals surface area contributed by atoms with E-state index in [1.54, 1.807) is 24.3 Å². The number of non-ortho nitro benzene ring substituents is 1. The fourth-order valence-corrected chi connectivity index (χ4v) is 8.34. The first-order chi connectivity index (χ1) is 31.6. The molecule has 0 spiro atoms. The van der Waals surface area contributed by atoms with Gasteiger partial charge in [0.05, 0.1) is 38.9 Å². The number of hydrogen-bond donors (Lipinski definition) is 8. The van der Waals surface area contributed by atoms with Crippen LogP contribution < -0.4 is 27.2 Å². The summed E-state index contributed by atoms with van der Waals surface area (Å²) in [5, 5.41) is 32.5. The standard InChI is InChI=1S/C41H32N10O13S3/c1-22-4-2-3-5-30(22)44-27-12-16-31(33(52)20-27)48-45-25-8-6-24(7-9-25)43-32-17-13-28(21-34(32)65(56,57)58)47-50-40-36(67(62,63)64)19-23-18-35(66(59,60)61)39(38(42)37(23)41(40)53)49-46-26-10-14-29(15-11-26)51(54)55/h2-21,43-45,47H,42H2,1H3,(H,56,57,58)(H,59,60,61)(H,62,63,64)/b48-31+,49-46?,50-40+. The van der Waals surface area contributed by atoms with Gasteiger partial charge in [0.1, 0.15) is 26.1 Å². The number of carbonyl (C=O) groups excluding carboxylic acids is 2. The van der Waals surface area contributed by atoms with Crippen molar-refractivity contribution in [1.82, 2.24) is 0 Å². The number of anilines is 6. The molecule has 7 rings (SSSR count). The molecule has 26 heteroatoms. The van der Waals surface area contributed by atoms with Gasteiger partial charge in [0, 0.05) is 35.3 Å². The van der Waals surface area contributed by atoms with Gasteiger partial charge in [-0.3, -0.25) is 44.2 Å². The summed E-state index contributed by atoms with van der Waals surface area (Å²) in [5.41, 5.74) is 10.1. The Morgan fingerprint density at radius 2 is 1.31 bits per heavy atom. The molecule has 67 heavy (non-hydrogen) atoms. The van der Waals surface area contributed by atoms with Gasteiger partial charge in [-0.25, -0.2) is 0 Å². The molecule has 23 nitrogen and oxygen atoms in total. The average molecular weight is 969 g/mol. The number of aryl methyl sites for hydroxylation is 1. The zero-order chi connectivity index (χ0) is 48.4. The molecule has 0 aliphatic heterocycles. The molecule has 0 atom stereocenters. The van der Waals surface area contributed by atoms with Crippen LogP contribution in [0, 0.1) is 17.0 Å². The number of hydrazone groups is 2. The molecule has 5 aromatic rings. The van der Waals surface area contributed by atoms with Crippen LogP contribution in [0.1, 0.15) is 21.5 Å². The Morgan fingerprint density at radius 1 is 0.672 bits per heavy atom. The minimum Gasteiger partial charge on any atom is -0.396 e. The number of Topliss-reactive ketones (excluding diaryl/α,β-unsaturated/α-hetero) is 1. The van der Waals surface area contributed by atoms with Gasteiger partial charge < -0.3 is 16.4 Å².